The molecule has 0 unspecified atom stereocenters. The molecule has 30 heavy (non-hydrogen) atoms. The van der Waals surface area contributed by atoms with E-state index >= 15 is 0 Å². The Hall–Kier alpha value is -2.82. The summed E-state index contributed by atoms with van der Waals surface area (Å²) in [5.41, 5.74) is 4.80. The summed E-state index contributed by atoms with van der Waals surface area (Å²) >= 11 is 0. The van der Waals surface area contributed by atoms with E-state index in [4.69, 9.17) is 9.47 Å². The smallest absolute Gasteiger partial charge is 0.313 e. The quantitative estimate of drug-likeness (QED) is 0.485. The normalized spacial score (nSPS) is 17.6. The lowest BCUT2D eigenvalue weighted by atomic mass is 9.84. The van der Waals surface area contributed by atoms with Crippen molar-refractivity contribution in [3.63, 3.8) is 0 Å². The molecular weight excluding hydrogens is 380 g/mol. The van der Waals surface area contributed by atoms with Crippen molar-refractivity contribution >= 4 is 11.8 Å². The van der Waals surface area contributed by atoms with Crippen LogP contribution in [0.4, 0.5) is 0 Å². The summed E-state index contributed by atoms with van der Waals surface area (Å²) in [5.74, 6) is 1.07. The summed E-state index contributed by atoms with van der Waals surface area (Å²) in [6.07, 6.45) is 1.47. The van der Waals surface area contributed by atoms with Crippen LogP contribution in [-0.2, 0) is 27.4 Å². The molecule has 1 atom stereocenters. The molecule has 1 aliphatic rings. The zero-order valence-electron chi connectivity index (χ0n) is 18.5. The molecule has 0 N–H and O–H groups in total. The first-order valence-corrected chi connectivity index (χ1v) is 10.3. The molecule has 2 aromatic carbocycles. The Kier molecular flexibility index (Phi) is 6.49. The van der Waals surface area contributed by atoms with E-state index in [-0.39, 0.29) is 18.6 Å². The number of carbonyl (C=O) groups is 2. The van der Waals surface area contributed by atoms with Gasteiger partial charge < -0.3 is 14.2 Å². The molecule has 0 aromatic heterocycles. The molecule has 0 bridgehead atoms. The Bertz CT molecular complexity index is 948. The number of hydrogen-bond donors (Lipinski definition) is 0. The molecule has 0 fully saturated rings. The molecule has 5 heteroatoms. The summed E-state index contributed by atoms with van der Waals surface area (Å²) < 4.78 is 17.2. The first kappa shape index (κ1) is 21.9. The van der Waals surface area contributed by atoms with Crippen LogP contribution in [0.5, 0.6) is 11.5 Å². The fourth-order valence-corrected chi connectivity index (χ4v) is 4.06. The number of carbonyl (C=O) groups excluding carboxylic acids is 2. The summed E-state index contributed by atoms with van der Waals surface area (Å²) in [6.45, 7) is 8.60. The molecular formula is C25H30O5. The van der Waals surface area contributed by atoms with E-state index < -0.39 is 11.6 Å². The standard InChI is InChI=1S/C25H30O5/c1-16-17(2)24-21(18(3)23(16)29-15-19-9-7-6-8-10-19)11-12-25(4,30-24)14-20(26)13-22(27)28-5/h6-10H,11-15H2,1-5H3/t25-/m0/s1. The minimum Gasteiger partial charge on any atom is -0.488 e. The molecule has 5 nitrogen and oxygen atoms in total. The highest BCUT2D eigenvalue weighted by Crippen LogP contribution is 2.44. The van der Waals surface area contributed by atoms with Crippen LogP contribution in [0.3, 0.4) is 0 Å². The molecule has 160 valence electrons. The molecule has 1 heterocycles. The third-order valence-corrected chi connectivity index (χ3v) is 5.93. The van der Waals surface area contributed by atoms with Gasteiger partial charge >= 0.3 is 5.97 Å². The van der Waals surface area contributed by atoms with E-state index in [1.165, 1.54) is 7.11 Å². The van der Waals surface area contributed by atoms with E-state index in [1.807, 2.05) is 39.0 Å². The third-order valence-electron chi connectivity index (χ3n) is 5.93. The predicted octanol–water partition coefficient (Wildman–Crippen LogP) is 4.80. The molecule has 0 radical (unpaired) electrons. The Labute approximate surface area is 178 Å². The highest BCUT2D eigenvalue weighted by molar-refractivity contribution is 5.96. The zero-order valence-corrected chi connectivity index (χ0v) is 18.5. The second kappa shape index (κ2) is 8.90. The van der Waals surface area contributed by atoms with Crippen molar-refractivity contribution in [2.45, 2.75) is 65.6 Å². The fourth-order valence-electron chi connectivity index (χ4n) is 4.06. The number of Topliss-reactive ketones (excluding diaryl/α,β-unsaturated/α-hetero) is 1. The molecule has 0 aliphatic carbocycles. The van der Waals surface area contributed by atoms with E-state index in [2.05, 4.69) is 23.8 Å². The third kappa shape index (κ3) is 4.66. The van der Waals surface area contributed by atoms with Crippen molar-refractivity contribution in [3.8, 4) is 11.5 Å². The number of rotatable bonds is 7. The molecule has 2 aromatic rings. The maximum atomic E-state index is 12.3. The van der Waals surface area contributed by atoms with Gasteiger partial charge in [0.05, 0.1) is 7.11 Å². The molecule has 0 spiro atoms. The topological polar surface area (TPSA) is 61.8 Å². The number of ketones is 1. The second-order valence-electron chi connectivity index (χ2n) is 8.31. The summed E-state index contributed by atoms with van der Waals surface area (Å²) in [7, 11) is 1.29. The predicted molar refractivity (Wildman–Crippen MR) is 115 cm³/mol. The first-order valence-electron chi connectivity index (χ1n) is 10.3. The molecule has 0 saturated carbocycles. The van der Waals surface area contributed by atoms with Gasteiger partial charge in [-0.1, -0.05) is 30.3 Å². The van der Waals surface area contributed by atoms with Crippen LogP contribution in [0, 0.1) is 20.8 Å². The average molecular weight is 411 g/mol. The largest absolute Gasteiger partial charge is 0.488 e. The maximum Gasteiger partial charge on any atom is 0.313 e. The number of hydrogen-bond acceptors (Lipinski definition) is 5. The Morgan fingerprint density at radius 2 is 1.77 bits per heavy atom. The van der Waals surface area contributed by atoms with Crippen molar-refractivity contribution in [1.29, 1.82) is 0 Å². The van der Waals surface area contributed by atoms with Crippen molar-refractivity contribution in [3.05, 3.63) is 58.1 Å². The second-order valence-corrected chi connectivity index (χ2v) is 8.31. The van der Waals surface area contributed by atoms with Crippen LogP contribution in [0.2, 0.25) is 0 Å². The highest BCUT2D eigenvalue weighted by Gasteiger charge is 2.36. The van der Waals surface area contributed by atoms with Gasteiger partial charge in [-0.3, -0.25) is 9.59 Å². The van der Waals surface area contributed by atoms with Gasteiger partial charge in [-0.2, -0.15) is 0 Å². The van der Waals surface area contributed by atoms with Crippen molar-refractivity contribution < 1.29 is 23.8 Å². The van der Waals surface area contributed by atoms with Crippen molar-refractivity contribution in [2.75, 3.05) is 7.11 Å². The van der Waals surface area contributed by atoms with E-state index in [9.17, 15) is 9.59 Å². The highest BCUT2D eigenvalue weighted by atomic mass is 16.5. The molecule has 3 rings (SSSR count). The minimum atomic E-state index is -0.631. The molecule has 0 amide bonds. The number of methoxy groups -OCH3 is 1. The van der Waals surface area contributed by atoms with E-state index in [0.717, 1.165) is 45.7 Å². The summed E-state index contributed by atoms with van der Waals surface area (Å²) in [4.78, 5) is 23.7. The minimum absolute atomic E-state index is 0.165. The zero-order chi connectivity index (χ0) is 21.9. The van der Waals surface area contributed by atoms with Gasteiger partial charge in [0, 0.05) is 12.0 Å². The van der Waals surface area contributed by atoms with E-state index in [1.54, 1.807) is 0 Å². The average Bonchev–Trinajstić information content (AvgIpc) is 2.72. The Morgan fingerprint density at radius 1 is 1.07 bits per heavy atom. The fraction of sp³-hybridized carbons (Fsp3) is 0.440. The van der Waals surface area contributed by atoms with Gasteiger partial charge in [0.2, 0.25) is 0 Å². The Morgan fingerprint density at radius 3 is 2.43 bits per heavy atom. The van der Waals surface area contributed by atoms with Gasteiger partial charge in [-0.25, -0.2) is 0 Å². The van der Waals surface area contributed by atoms with Gasteiger partial charge in [-0.05, 0) is 62.8 Å². The van der Waals surface area contributed by atoms with Gasteiger partial charge in [0.15, 0.2) is 0 Å². The van der Waals surface area contributed by atoms with Gasteiger partial charge in [0.25, 0.3) is 0 Å². The lowest BCUT2D eigenvalue weighted by Gasteiger charge is -2.38. The van der Waals surface area contributed by atoms with Gasteiger partial charge in [0.1, 0.15) is 35.9 Å². The van der Waals surface area contributed by atoms with Crippen LogP contribution < -0.4 is 9.47 Å². The number of benzene rings is 2. The van der Waals surface area contributed by atoms with E-state index in [0.29, 0.717) is 13.0 Å². The lowest BCUT2D eigenvalue weighted by Crippen LogP contribution is -2.39. The summed E-state index contributed by atoms with van der Waals surface area (Å²) in [5, 5.41) is 0. The van der Waals surface area contributed by atoms with Gasteiger partial charge in [-0.15, -0.1) is 0 Å². The van der Waals surface area contributed by atoms with Crippen LogP contribution in [0.25, 0.3) is 0 Å². The van der Waals surface area contributed by atoms with Crippen molar-refractivity contribution in [1.82, 2.24) is 0 Å². The van der Waals surface area contributed by atoms with Crippen LogP contribution in [-0.4, -0.2) is 24.5 Å². The molecule has 0 saturated heterocycles. The number of fused-ring (bicyclic) bond motifs is 1. The SMILES string of the molecule is COC(=O)CC(=O)C[C@]1(C)CCc2c(C)c(OCc3ccccc3)c(C)c(C)c2O1. The van der Waals surface area contributed by atoms with Crippen LogP contribution >= 0.6 is 0 Å². The Balaban J connectivity index is 1.81. The lowest BCUT2D eigenvalue weighted by molar-refractivity contribution is -0.144. The number of ether oxygens (including phenoxy) is 3. The first-order chi connectivity index (χ1) is 14.2. The number of esters is 1. The van der Waals surface area contributed by atoms with Crippen LogP contribution in [0.1, 0.15) is 54.0 Å². The maximum absolute atomic E-state index is 12.3. The molecule has 1 aliphatic heterocycles. The monoisotopic (exact) mass is 410 g/mol. The summed E-state index contributed by atoms with van der Waals surface area (Å²) in [6, 6.07) is 10.1. The van der Waals surface area contributed by atoms with Crippen molar-refractivity contribution in [2.24, 2.45) is 0 Å². The van der Waals surface area contributed by atoms with Crippen LogP contribution in [0.15, 0.2) is 30.3 Å².